The Morgan fingerprint density at radius 2 is 1.78 bits per heavy atom. The van der Waals surface area contributed by atoms with Crippen molar-refractivity contribution >= 4 is 5.69 Å². The molecular formula is C15H16FNO. The van der Waals surface area contributed by atoms with Crippen LogP contribution in [0.2, 0.25) is 0 Å². The summed E-state index contributed by atoms with van der Waals surface area (Å²) in [6.45, 7) is 2.64. The summed E-state index contributed by atoms with van der Waals surface area (Å²) in [7, 11) is 1.95. The molecule has 3 heteroatoms. The highest BCUT2D eigenvalue weighted by atomic mass is 19.1. The second-order valence-electron chi connectivity index (χ2n) is 4.48. The Morgan fingerprint density at radius 1 is 1.11 bits per heavy atom. The highest BCUT2D eigenvalue weighted by Crippen LogP contribution is 2.20. The van der Waals surface area contributed by atoms with Crippen LogP contribution in [-0.4, -0.2) is 12.2 Å². The van der Waals surface area contributed by atoms with Crippen LogP contribution in [0.4, 0.5) is 10.1 Å². The standard InChI is InChI=1S/C15H16FNO/c1-11-3-6-13(7-4-11)17(2)10-12-5-8-15(18)14(16)9-12/h3-9,18H,10H2,1-2H3. The molecule has 2 nitrogen and oxygen atoms in total. The van der Waals surface area contributed by atoms with Gasteiger partial charge < -0.3 is 10.0 Å². The highest BCUT2D eigenvalue weighted by molar-refractivity contribution is 5.47. The van der Waals surface area contributed by atoms with E-state index < -0.39 is 5.82 Å². The van der Waals surface area contributed by atoms with E-state index in [0.717, 1.165) is 11.3 Å². The van der Waals surface area contributed by atoms with E-state index in [1.54, 1.807) is 6.07 Å². The quantitative estimate of drug-likeness (QED) is 0.895. The van der Waals surface area contributed by atoms with E-state index in [-0.39, 0.29) is 5.75 Å². The number of benzene rings is 2. The van der Waals surface area contributed by atoms with Crippen molar-refractivity contribution in [3.8, 4) is 5.75 Å². The minimum Gasteiger partial charge on any atom is -0.505 e. The van der Waals surface area contributed by atoms with Gasteiger partial charge in [-0.05, 0) is 36.8 Å². The second kappa shape index (κ2) is 5.08. The summed E-state index contributed by atoms with van der Waals surface area (Å²) in [5, 5.41) is 9.14. The molecule has 2 rings (SSSR count). The van der Waals surface area contributed by atoms with Gasteiger partial charge >= 0.3 is 0 Å². The lowest BCUT2D eigenvalue weighted by atomic mass is 10.1. The van der Waals surface area contributed by atoms with Crippen LogP contribution in [0.3, 0.4) is 0 Å². The Hall–Kier alpha value is -2.03. The molecular weight excluding hydrogens is 229 g/mol. The molecule has 0 saturated carbocycles. The van der Waals surface area contributed by atoms with Crippen LogP contribution in [-0.2, 0) is 6.54 Å². The van der Waals surface area contributed by atoms with E-state index in [9.17, 15) is 4.39 Å². The fraction of sp³-hybridized carbons (Fsp3) is 0.200. The maximum absolute atomic E-state index is 13.2. The third kappa shape index (κ3) is 2.80. The fourth-order valence-corrected chi connectivity index (χ4v) is 1.81. The van der Waals surface area contributed by atoms with Gasteiger partial charge in [-0.1, -0.05) is 23.8 Å². The third-order valence-electron chi connectivity index (χ3n) is 2.91. The van der Waals surface area contributed by atoms with Crippen LogP contribution in [0.5, 0.6) is 5.75 Å². The summed E-state index contributed by atoms with van der Waals surface area (Å²) in [6, 6.07) is 12.6. The zero-order chi connectivity index (χ0) is 13.1. The number of rotatable bonds is 3. The van der Waals surface area contributed by atoms with Gasteiger partial charge in [0.1, 0.15) is 0 Å². The molecule has 0 aliphatic carbocycles. The molecule has 0 aromatic heterocycles. The summed E-state index contributed by atoms with van der Waals surface area (Å²) in [6.07, 6.45) is 0. The molecule has 0 heterocycles. The zero-order valence-electron chi connectivity index (χ0n) is 10.5. The SMILES string of the molecule is Cc1ccc(N(C)Cc2ccc(O)c(F)c2)cc1. The summed E-state index contributed by atoms with van der Waals surface area (Å²) in [5.74, 6) is -0.887. The summed E-state index contributed by atoms with van der Waals surface area (Å²) < 4.78 is 13.2. The lowest BCUT2D eigenvalue weighted by molar-refractivity contribution is 0.432. The molecule has 0 atom stereocenters. The Bertz CT molecular complexity index is 537. The van der Waals surface area contributed by atoms with Gasteiger partial charge in [-0.3, -0.25) is 0 Å². The summed E-state index contributed by atoms with van der Waals surface area (Å²) in [4.78, 5) is 2.03. The van der Waals surface area contributed by atoms with E-state index in [2.05, 4.69) is 0 Å². The highest BCUT2D eigenvalue weighted by Gasteiger charge is 2.05. The number of halogens is 1. The number of phenolic OH excluding ortho intramolecular Hbond substituents is 1. The minimum atomic E-state index is -0.579. The van der Waals surface area contributed by atoms with Crippen molar-refractivity contribution in [2.45, 2.75) is 13.5 Å². The third-order valence-corrected chi connectivity index (χ3v) is 2.91. The van der Waals surface area contributed by atoms with E-state index in [0.29, 0.717) is 6.54 Å². The maximum atomic E-state index is 13.2. The van der Waals surface area contributed by atoms with Crippen LogP contribution in [0.1, 0.15) is 11.1 Å². The van der Waals surface area contributed by atoms with Gasteiger partial charge in [0.2, 0.25) is 0 Å². The smallest absolute Gasteiger partial charge is 0.165 e. The van der Waals surface area contributed by atoms with Crippen molar-refractivity contribution in [1.29, 1.82) is 0 Å². The van der Waals surface area contributed by atoms with Crippen molar-refractivity contribution in [2.24, 2.45) is 0 Å². The molecule has 2 aromatic rings. The van der Waals surface area contributed by atoms with Crippen LogP contribution in [0.25, 0.3) is 0 Å². The van der Waals surface area contributed by atoms with Crippen LogP contribution in [0, 0.1) is 12.7 Å². The second-order valence-corrected chi connectivity index (χ2v) is 4.48. The molecule has 0 amide bonds. The van der Waals surface area contributed by atoms with Crippen molar-refractivity contribution in [3.63, 3.8) is 0 Å². The van der Waals surface area contributed by atoms with Crippen LogP contribution in [0.15, 0.2) is 42.5 Å². The molecule has 0 bridgehead atoms. The van der Waals surface area contributed by atoms with E-state index in [1.807, 2.05) is 43.1 Å². The molecule has 18 heavy (non-hydrogen) atoms. The maximum Gasteiger partial charge on any atom is 0.165 e. The monoisotopic (exact) mass is 245 g/mol. The minimum absolute atomic E-state index is 0.309. The normalized spacial score (nSPS) is 10.4. The molecule has 0 unspecified atom stereocenters. The molecule has 0 aliphatic rings. The molecule has 94 valence electrons. The molecule has 0 radical (unpaired) electrons. The number of phenols is 1. The summed E-state index contributed by atoms with van der Waals surface area (Å²) in [5.41, 5.74) is 3.12. The molecule has 0 fully saturated rings. The van der Waals surface area contributed by atoms with E-state index >= 15 is 0 Å². The Kier molecular flexibility index (Phi) is 3.51. The van der Waals surface area contributed by atoms with Gasteiger partial charge in [-0.2, -0.15) is 0 Å². The summed E-state index contributed by atoms with van der Waals surface area (Å²) >= 11 is 0. The van der Waals surface area contributed by atoms with Gasteiger partial charge in [-0.25, -0.2) is 4.39 Å². The molecule has 0 saturated heterocycles. The Balaban J connectivity index is 2.13. The molecule has 0 aliphatic heterocycles. The largest absolute Gasteiger partial charge is 0.505 e. The number of hydrogen-bond acceptors (Lipinski definition) is 2. The van der Waals surface area contributed by atoms with Gasteiger partial charge in [0.05, 0.1) is 0 Å². The van der Waals surface area contributed by atoms with Crippen molar-refractivity contribution in [3.05, 3.63) is 59.4 Å². The lowest BCUT2D eigenvalue weighted by Crippen LogP contribution is -2.16. The predicted octanol–water partition coefficient (Wildman–Crippen LogP) is 3.48. The Morgan fingerprint density at radius 3 is 2.39 bits per heavy atom. The molecule has 0 spiro atoms. The van der Waals surface area contributed by atoms with Gasteiger partial charge in [-0.15, -0.1) is 0 Å². The van der Waals surface area contributed by atoms with E-state index in [4.69, 9.17) is 5.11 Å². The van der Waals surface area contributed by atoms with Gasteiger partial charge in [0.25, 0.3) is 0 Å². The van der Waals surface area contributed by atoms with Crippen LogP contribution >= 0.6 is 0 Å². The average Bonchev–Trinajstić information content (AvgIpc) is 2.34. The average molecular weight is 245 g/mol. The number of aryl methyl sites for hydroxylation is 1. The number of hydrogen-bond donors (Lipinski definition) is 1. The van der Waals surface area contributed by atoms with Crippen LogP contribution < -0.4 is 4.90 Å². The van der Waals surface area contributed by atoms with E-state index in [1.165, 1.54) is 17.7 Å². The van der Waals surface area contributed by atoms with Crippen molar-refractivity contribution in [1.82, 2.24) is 0 Å². The molecule has 2 aromatic carbocycles. The zero-order valence-corrected chi connectivity index (χ0v) is 10.5. The predicted molar refractivity (Wildman–Crippen MR) is 71.4 cm³/mol. The number of aromatic hydroxyl groups is 1. The first-order chi connectivity index (χ1) is 8.56. The topological polar surface area (TPSA) is 23.5 Å². The first-order valence-electron chi connectivity index (χ1n) is 5.81. The number of anilines is 1. The fourth-order valence-electron chi connectivity index (χ4n) is 1.81. The van der Waals surface area contributed by atoms with Gasteiger partial charge in [0.15, 0.2) is 11.6 Å². The van der Waals surface area contributed by atoms with Gasteiger partial charge in [0, 0.05) is 19.3 Å². The first-order valence-corrected chi connectivity index (χ1v) is 5.81. The van der Waals surface area contributed by atoms with Crippen molar-refractivity contribution in [2.75, 3.05) is 11.9 Å². The Labute approximate surface area is 106 Å². The lowest BCUT2D eigenvalue weighted by Gasteiger charge is -2.19. The van der Waals surface area contributed by atoms with Crippen molar-refractivity contribution < 1.29 is 9.50 Å². The first kappa shape index (κ1) is 12.4. The number of nitrogens with zero attached hydrogens (tertiary/aromatic N) is 1. The molecule has 1 N–H and O–H groups in total.